The normalized spacial score (nSPS) is 15.1. The minimum Gasteiger partial charge on any atom is -0.468 e. The molecule has 3 heterocycles. The number of hydrogen-bond donors (Lipinski definition) is 2. The van der Waals surface area contributed by atoms with Crippen LogP contribution in [0.3, 0.4) is 0 Å². The molecule has 1 atom stereocenters. The molecule has 0 unspecified atom stereocenters. The van der Waals surface area contributed by atoms with Crippen molar-refractivity contribution >= 4 is 10.8 Å². The number of nitrogens with one attached hydrogen (secondary N) is 1. The van der Waals surface area contributed by atoms with Gasteiger partial charge in [0.05, 0.1) is 17.7 Å². The summed E-state index contributed by atoms with van der Waals surface area (Å²) in [4.78, 5) is 4.50. The fourth-order valence-electron chi connectivity index (χ4n) is 3.86. The lowest BCUT2D eigenvalue weighted by molar-refractivity contribution is 0.277. The molecule has 1 aliphatic rings. The minimum atomic E-state index is -0.278. The number of rotatable bonds is 4. The van der Waals surface area contributed by atoms with E-state index in [0.717, 1.165) is 27.8 Å². The second-order valence-corrected chi connectivity index (χ2v) is 6.84. The quantitative estimate of drug-likeness (QED) is 0.502. The average Bonchev–Trinajstić information content (AvgIpc) is 3.26. The fourth-order valence-corrected chi connectivity index (χ4v) is 3.86. The topological polar surface area (TPSA) is 84.3 Å². The van der Waals surface area contributed by atoms with Crippen molar-refractivity contribution in [2.75, 3.05) is 6.61 Å². The zero-order chi connectivity index (χ0) is 19.1. The molecule has 140 valence electrons. The SMILES string of the molecule is N=c1c2c(ncn1CCCO)Oc1c(ccc3ccccc13)[C@H]2c1ccco1. The molecule has 6 nitrogen and oxygen atoms in total. The lowest BCUT2D eigenvalue weighted by atomic mass is 9.86. The Morgan fingerprint density at radius 2 is 2.00 bits per heavy atom. The smallest absolute Gasteiger partial charge is 0.228 e. The van der Waals surface area contributed by atoms with Crippen LogP contribution >= 0.6 is 0 Å². The summed E-state index contributed by atoms with van der Waals surface area (Å²) < 4.78 is 13.7. The summed E-state index contributed by atoms with van der Waals surface area (Å²) in [6.07, 6.45) is 3.81. The number of aliphatic hydroxyl groups is 1. The molecule has 1 aliphatic heterocycles. The molecule has 0 spiro atoms. The molecule has 0 saturated carbocycles. The van der Waals surface area contributed by atoms with Crippen molar-refractivity contribution in [1.82, 2.24) is 9.55 Å². The molecule has 2 aromatic heterocycles. The van der Waals surface area contributed by atoms with Gasteiger partial charge in [-0.1, -0.05) is 36.4 Å². The van der Waals surface area contributed by atoms with Crippen molar-refractivity contribution < 1.29 is 14.3 Å². The lowest BCUT2D eigenvalue weighted by Gasteiger charge is -2.28. The lowest BCUT2D eigenvalue weighted by Crippen LogP contribution is -2.30. The van der Waals surface area contributed by atoms with Crippen LogP contribution in [0, 0.1) is 5.41 Å². The summed E-state index contributed by atoms with van der Waals surface area (Å²) >= 11 is 0. The van der Waals surface area contributed by atoms with Gasteiger partial charge in [-0.2, -0.15) is 0 Å². The van der Waals surface area contributed by atoms with Gasteiger partial charge in [0.2, 0.25) is 5.88 Å². The molecular weight excluding hydrogens is 354 g/mol. The number of furan rings is 1. The van der Waals surface area contributed by atoms with Gasteiger partial charge in [-0.05, 0) is 23.9 Å². The maximum absolute atomic E-state index is 9.16. The van der Waals surface area contributed by atoms with Crippen molar-refractivity contribution in [3.8, 4) is 11.6 Å². The molecule has 2 N–H and O–H groups in total. The molecule has 0 saturated heterocycles. The Morgan fingerprint density at radius 1 is 1.11 bits per heavy atom. The van der Waals surface area contributed by atoms with Gasteiger partial charge in [0, 0.05) is 24.1 Å². The third kappa shape index (κ3) is 2.53. The Hall–Kier alpha value is -3.38. The number of aryl methyl sites for hydroxylation is 1. The number of ether oxygens (including phenoxy) is 1. The minimum absolute atomic E-state index is 0.0659. The first-order chi connectivity index (χ1) is 13.8. The van der Waals surface area contributed by atoms with E-state index in [4.69, 9.17) is 19.7 Å². The van der Waals surface area contributed by atoms with E-state index >= 15 is 0 Å². The summed E-state index contributed by atoms with van der Waals surface area (Å²) in [5.41, 5.74) is 1.95. The maximum Gasteiger partial charge on any atom is 0.228 e. The second kappa shape index (κ2) is 6.65. The highest BCUT2D eigenvalue weighted by Crippen LogP contribution is 2.47. The van der Waals surface area contributed by atoms with Gasteiger partial charge in [0.1, 0.15) is 23.3 Å². The first kappa shape index (κ1) is 16.8. The first-order valence-electron chi connectivity index (χ1n) is 9.25. The predicted octanol–water partition coefficient (Wildman–Crippen LogP) is 3.78. The molecule has 0 radical (unpaired) electrons. The molecule has 28 heavy (non-hydrogen) atoms. The highest BCUT2D eigenvalue weighted by atomic mass is 16.5. The van der Waals surface area contributed by atoms with E-state index in [1.165, 1.54) is 0 Å². The van der Waals surface area contributed by atoms with Crippen LogP contribution in [0.25, 0.3) is 10.8 Å². The Balaban J connectivity index is 1.77. The van der Waals surface area contributed by atoms with Gasteiger partial charge in [0.25, 0.3) is 0 Å². The third-order valence-electron chi connectivity index (χ3n) is 5.18. The molecule has 0 fully saturated rings. The van der Waals surface area contributed by atoms with Gasteiger partial charge >= 0.3 is 0 Å². The predicted molar refractivity (Wildman–Crippen MR) is 103 cm³/mol. The van der Waals surface area contributed by atoms with Crippen LogP contribution in [0.15, 0.2) is 65.5 Å². The summed E-state index contributed by atoms with van der Waals surface area (Å²) in [5.74, 6) is 1.65. The molecule has 4 aromatic rings. The van der Waals surface area contributed by atoms with Crippen LogP contribution in [-0.4, -0.2) is 21.3 Å². The van der Waals surface area contributed by atoms with Crippen molar-refractivity contribution in [1.29, 1.82) is 5.41 Å². The van der Waals surface area contributed by atoms with E-state index in [9.17, 15) is 0 Å². The number of nitrogens with zero attached hydrogens (tertiary/aromatic N) is 2. The van der Waals surface area contributed by atoms with Crippen molar-refractivity contribution in [3.05, 3.63) is 83.5 Å². The van der Waals surface area contributed by atoms with Crippen LogP contribution in [-0.2, 0) is 6.54 Å². The number of fused-ring (bicyclic) bond motifs is 4. The van der Waals surface area contributed by atoms with Gasteiger partial charge < -0.3 is 18.8 Å². The van der Waals surface area contributed by atoms with Crippen LogP contribution < -0.4 is 10.2 Å². The van der Waals surface area contributed by atoms with Crippen LogP contribution in [0.5, 0.6) is 11.6 Å². The van der Waals surface area contributed by atoms with E-state index in [0.29, 0.717) is 29.9 Å². The van der Waals surface area contributed by atoms with Crippen molar-refractivity contribution in [2.45, 2.75) is 18.9 Å². The molecule has 0 bridgehead atoms. The fraction of sp³-hybridized carbons (Fsp3) is 0.182. The first-order valence-corrected chi connectivity index (χ1v) is 9.25. The van der Waals surface area contributed by atoms with E-state index in [-0.39, 0.29) is 12.5 Å². The Morgan fingerprint density at radius 3 is 2.82 bits per heavy atom. The second-order valence-electron chi connectivity index (χ2n) is 6.84. The number of aromatic nitrogens is 2. The van der Waals surface area contributed by atoms with Gasteiger partial charge in [-0.3, -0.25) is 5.41 Å². The monoisotopic (exact) mass is 373 g/mol. The van der Waals surface area contributed by atoms with Gasteiger partial charge in [0.15, 0.2) is 0 Å². The van der Waals surface area contributed by atoms with Crippen molar-refractivity contribution in [2.24, 2.45) is 0 Å². The Bertz CT molecular complexity index is 1210. The maximum atomic E-state index is 9.16. The number of benzene rings is 2. The third-order valence-corrected chi connectivity index (χ3v) is 5.18. The number of hydrogen-bond acceptors (Lipinski definition) is 5. The largest absolute Gasteiger partial charge is 0.468 e. The number of aliphatic hydroxyl groups excluding tert-OH is 1. The van der Waals surface area contributed by atoms with E-state index in [2.05, 4.69) is 11.1 Å². The average molecular weight is 373 g/mol. The Kier molecular flexibility index (Phi) is 3.98. The molecule has 6 heteroatoms. The standard InChI is InChI=1S/C22H19N3O3/c23-21-19-18(17-7-3-12-27-17)16-9-8-14-5-1-2-6-15(14)20(16)28-22(19)24-13-25(21)10-4-11-26/h1-3,5-9,12-13,18,23,26H,4,10-11H2/t18-/m0/s1. The molecular formula is C22H19N3O3. The summed E-state index contributed by atoms with van der Waals surface area (Å²) in [5, 5.41) is 20.0. The van der Waals surface area contributed by atoms with Crippen LogP contribution in [0.2, 0.25) is 0 Å². The van der Waals surface area contributed by atoms with Gasteiger partial charge in [-0.25, -0.2) is 4.98 Å². The van der Waals surface area contributed by atoms with Crippen LogP contribution in [0.1, 0.15) is 29.2 Å². The molecule has 0 aliphatic carbocycles. The van der Waals surface area contributed by atoms with E-state index in [1.54, 1.807) is 17.2 Å². The summed E-state index contributed by atoms with van der Waals surface area (Å²) in [6.45, 7) is 0.585. The van der Waals surface area contributed by atoms with E-state index in [1.807, 2.05) is 42.5 Å². The zero-order valence-electron chi connectivity index (χ0n) is 15.1. The van der Waals surface area contributed by atoms with E-state index < -0.39 is 0 Å². The highest BCUT2D eigenvalue weighted by molar-refractivity contribution is 5.91. The zero-order valence-corrected chi connectivity index (χ0v) is 15.1. The highest BCUT2D eigenvalue weighted by Gasteiger charge is 2.34. The Labute approximate surface area is 161 Å². The van der Waals surface area contributed by atoms with Crippen LogP contribution in [0.4, 0.5) is 0 Å². The molecule has 2 aromatic carbocycles. The molecule has 0 amide bonds. The van der Waals surface area contributed by atoms with Gasteiger partial charge in [-0.15, -0.1) is 0 Å². The summed E-state index contributed by atoms with van der Waals surface area (Å²) in [7, 11) is 0. The van der Waals surface area contributed by atoms with Crippen molar-refractivity contribution in [3.63, 3.8) is 0 Å². The summed E-state index contributed by atoms with van der Waals surface area (Å²) in [6, 6.07) is 15.9. The molecule has 5 rings (SSSR count).